The van der Waals surface area contributed by atoms with E-state index in [-0.39, 0.29) is 5.91 Å². The van der Waals surface area contributed by atoms with Crippen molar-refractivity contribution in [3.63, 3.8) is 0 Å². The smallest absolute Gasteiger partial charge is 0.238 e. The predicted octanol–water partition coefficient (Wildman–Crippen LogP) is 2.13. The number of carbonyl (C=O) groups is 1. The number of nitrogens with two attached hydrogens (primary N) is 1. The third-order valence-corrected chi connectivity index (χ3v) is 5.79. The third kappa shape index (κ3) is 3.78. The lowest BCUT2D eigenvalue weighted by atomic mass is 9.83. The molecule has 2 rings (SSSR count). The van der Waals surface area contributed by atoms with Gasteiger partial charge in [-0.15, -0.1) is 0 Å². The Bertz CT molecular complexity index is 367. The van der Waals surface area contributed by atoms with E-state index in [2.05, 4.69) is 38.0 Å². The molecule has 0 aliphatic heterocycles. The molecule has 122 valence electrons. The molecule has 2 fully saturated rings. The monoisotopic (exact) mass is 295 g/mol. The lowest BCUT2D eigenvalue weighted by Gasteiger charge is -2.36. The zero-order valence-electron chi connectivity index (χ0n) is 14.2. The van der Waals surface area contributed by atoms with Gasteiger partial charge in [-0.1, -0.05) is 20.3 Å². The van der Waals surface area contributed by atoms with Crippen LogP contribution in [0.25, 0.3) is 0 Å². The van der Waals surface area contributed by atoms with Gasteiger partial charge in [-0.2, -0.15) is 0 Å². The van der Waals surface area contributed by atoms with Crippen LogP contribution in [0.5, 0.6) is 0 Å². The SMILES string of the molecule is CC(C)C(C)N(C)CCC1CCCC1(NC1CC1)C(N)=O. The van der Waals surface area contributed by atoms with Crippen LogP contribution in [-0.4, -0.2) is 42.0 Å². The Balaban J connectivity index is 1.95. The van der Waals surface area contributed by atoms with Crippen molar-refractivity contribution in [3.8, 4) is 0 Å². The Kier molecular flexibility index (Phi) is 5.31. The first-order valence-corrected chi connectivity index (χ1v) is 8.64. The topological polar surface area (TPSA) is 58.4 Å². The zero-order chi connectivity index (χ0) is 15.6. The molecule has 0 aromatic heterocycles. The molecule has 21 heavy (non-hydrogen) atoms. The molecule has 3 N–H and O–H groups in total. The second kappa shape index (κ2) is 6.66. The van der Waals surface area contributed by atoms with Crippen molar-refractivity contribution in [1.82, 2.24) is 10.2 Å². The van der Waals surface area contributed by atoms with Gasteiger partial charge in [0, 0.05) is 12.1 Å². The van der Waals surface area contributed by atoms with Crippen molar-refractivity contribution < 1.29 is 4.79 Å². The normalized spacial score (nSPS) is 31.0. The van der Waals surface area contributed by atoms with E-state index in [0.29, 0.717) is 23.9 Å². The first-order chi connectivity index (χ1) is 9.86. The molecule has 2 aliphatic rings. The average Bonchev–Trinajstić information content (AvgIpc) is 3.13. The van der Waals surface area contributed by atoms with E-state index < -0.39 is 5.54 Å². The average molecular weight is 295 g/mol. The summed E-state index contributed by atoms with van der Waals surface area (Å²) in [5.41, 5.74) is 5.37. The van der Waals surface area contributed by atoms with Crippen molar-refractivity contribution >= 4 is 5.91 Å². The van der Waals surface area contributed by atoms with Gasteiger partial charge in [-0.3, -0.25) is 4.79 Å². The van der Waals surface area contributed by atoms with Crippen molar-refractivity contribution in [2.75, 3.05) is 13.6 Å². The van der Waals surface area contributed by atoms with Crippen molar-refractivity contribution in [2.24, 2.45) is 17.6 Å². The minimum Gasteiger partial charge on any atom is -0.368 e. The molecule has 3 unspecified atom stereocenters. The van der Waals surface area contributed by atoms with E-state index in [1.807, 2.05) is 0 Å². The molecule has 4 heteroatoms. The fourth-order valence-corrected chi connectivity index (χ4v) is 3.72. The second-order valence-corrected chi connectivity index (χ2v) is 7.60. The number of rotatable bonds is 8. The maximum atomic E-state index is 12.1. The summed E-state index contributed by atoms with van der Waals surface area (Å²) in [4.78, 5) is 14.6. The fraction of sp³-hybridized carbons (Fsp3) is 0.941. The van der Waals surface area contributed by atoms with Crippen LogP contribution >= 0.6 is 0 Å². The number of primary amides is 1. The zero-order valence-corrected chi connectivity index (χ0v) is 14.2. The van der Waals surface area contributed by atoms with E-state index in [1.54, 1.807) is 0 Å². The first-order valence-electron chi connectivity index (χ1n) is 8.64. The molecule has 3 atom stereocenters. The lowest BCUT2D eigenvalue weighted by Crippen LogP contribution is -2.59. The van der Waals surface area contributed by atoms with E-state index in [9.17, 15) is 4.79 Å². The molecule has 0 aromatic carbocycles. The minimum atomic E-state index is -0.428. The number of hydrogen-bond donors (Lipinski definition) is 2. The molecule has 0 spiro atoms. The molecule has 4 nitrogen and oxygen atoms in total. The maximum absolute atomic E-state index is 12.1. The molecule has 2 saturated carbocycles. The Morgan fingerprint density at radius 1 is 1.33 bits per heavy atom. The maximum Gasteiger partial charge on any atom is 0.238 e. The van der Waals surface area contributed by atoms with Crippen LogP contribution in [0.3, 0.4) is 0 Å². The fourth-order valence-electron chi connectivity index (χ4n) is 3.72. The summed E-state index contributed by atoms with van der Waals surface area (Å²) in [6.07, 6.45) is 6.64. The molecular formula is C17H33N3O. The second-order valence-electron chi connectivity index (χ2n) is 7.60. The quantitative estimate of drug-likeness (QED) is 0.721. The molecule has 1 amide bonds. The Morgan fingerprint density at radius 3 is 2.52 bits per heavy atom. The summed E-state index contributed by atoms with van der Waals surface area (Å²) in [5.74, 6) is 0.929. The number of amides is 1. The summed E-state index contributed by atoms with van der Waals surface area (Å²) in [6, 6.07) is 1.11. The summed E-state index contributed by atoms with van der Waals surface area (Å²) < 4.78 is 0. The highest BCUT2D eigenvalue weighted by molar-refractivity contribution is 5.85. The van der Waals surface area contributed by atoms with Gasteiger partial charge < -0.3 is 16.0 Å². The van der Waals surface area contributed by atoms with Crippen molar-refractivity contribution in [3.05, 3.63) is 0 Å². The van der Waals surface area contributed by atoms with Gasteiger partial charge in [0.15, 0.2) is 0 Å². The van der Waals surface area contributed by atoms with Gasteiger partial charge in [0.25, 0.3) is 0 Å². The van der Waals surface area contributed by atoms with E-state index in [4.69, 9.17) is 5.73 Å². The number of hydrogen-bond acceptors (Lipinski definition) is 3. The van der Waals surface area contributed by atoms with Crippen LogP contribution in [0, 0.1) is 11.8 Å². The van der Waals surface area contributed by atoms with Crippen LogP contribution in [-0.2, 0) is 4.79 Å². The standard InChI is InChI=1S/C17H33N3O/c1-12(2)13(3)20(4)11-9-14-6-5-10-17(14,16(18)21)19-15-7-8-15/h12-15,19H,5-11H2,1-4H3,(H2,18,21). The highest BCUT2D eigenvalue weighted by atomic mass is 16.1. The summed E-state index contributed by atoms with van der Waals surface area (Å²) in [6.45, 7) is 7.85. The Morgan fingerprint density at radius 2 is 2.00 bits per heavy atom. The highest BCUT2D eigenvalue weighted by Crippen LogP contribution is 2.40. The van der Waals surface area contributed by atoms with Gasteiger partial charge in [-0.25, -0.2) is 0 Å². The van der Waals surface area contributed by atoms with E-state index >= 15 is 0 Å². The highest BCUT2D eigenvalue weighted by Gasteiger charge is 2.49. The molecule has 0 saturated heterocycles. The molecule has 2 aliphatic carbocycles. The molecule has 0 radical (unpaired) electrons. The third-order valence-electron chi connectivity index (χ3n) is 5.79. The molecule has 0 bridgehead atoms. The largest absolute Gasteiger partial charge is 0.368 e. The van der Waals surface area contributed by atoms with Crippen molar-refractivity contribution in [1.29, 1.82) is 0 Å². The first kappa shape index (κ1) is 16.8. The summed E-state index contributed by atoms with van der Waals surface area (Å²) in [7, 11) is 2.19. The number of nitrogens with zero attached hydrogens (tertiary/aromatic N) is 1. The minimum absolute atomic E-state index is 0.128. The Labute approximate surface area is 129 Å². The van der Waals surface area contributed by atoms with Crippen LogP contribution in [0.2, 0.25) is 0 Å². The van der Waals surface area contributed by atoms with Crippen molar-refractivity contribution in [2.45, 2.75) is 76.9 Å². The molecule has 0 heterocycles. The van der Waals surface area contributed by atoms with Gasteiger partial charge in [-0.05, 0) is 64.5 Å². The lowest BCUT2D eigenvalue weighted by molar-refractivity contribution is -0.126. The van der Waals surface area contributed by atoms with Gasteiger partial charge >= 0.3 is 0 Å². The summed E-state index contributed by atoms with van der Waals surface area (Å²) in [5, 5.41) is 3.60. The van der Waals surface area contributed by atoms with Crippen LogP contribution in [0.1, 0.15) is 59.3 Å². The number of carbonyl (C=O) groups excluding carboxylic acids is 1. The van der Waals surface area contributed by atoms with Crippen LogP contribution in [0.15, 0.2) is 0 Å². The van der Waals surface area contributed by atoms with Gasteiger partial charge in [0.2, 0.25) is 5.91 Å². The number of nitrogens with one attached hydrogen (secondary N) is 1. The predicted molar refractivity (Wildman–Crippen MR) is 87.0 cm³/mol. The Hall–Kier alpha value is -0.610. The van der Waals surface area contributed by atoms with Crippen LogP contribution < -0.4 is 11.1 Å². The molecular weight excluding hydrogens is 262 g/mol. The van der Waals surface area contributed by atoms with Crippen LogP contribution in [0.4, 0.5) is 0 Å². The molecule has 0 aromatic rings. The summed E-state index contributed by atoms with van der Waals surface area (Å²) >= 11 is 0. The van der Waals surface area contributed by atoms with Gasteiger partial charge in [0.1, 0.15) is 5.54 Å². The van der Waals surface area contributed by atoms with E-state index in [1.165, 1.54) is 12.8 Å². The van der Waals surface area contributed by atoms with Gasteiger partial charge in [0.05, 0.1) is 0 Å². The van der Waals surface area contributed by atoms with E-state index in [0.717, 1.165) is 32.2 Å².